The number of amides is 1. The average molecular weight is 292 g/mol. The van der Waals surface area contributed by atoms with Gasteiger partial charge in [-0.25, -0.2) is 0 Å². The summed E-state index contributed by atoms with van der Waals surface area (Å²) in [6.07, 6.45) is 1.81. The number of nitrogens with zero attached hydrogens (tertiary/aromatic N) is 2. The van der Waals surface area contributed by atoms with Gasteiger partial charge in [0.2, 0.25) is 5.91 Å². The Hall–Kier alpha value is -0.490. The number of aryl methyl sites for hydroxylation is 1. The van der Waals surface area contributed by atoms with E-state index in [1.165, 1.54) is 0 Å². The Bertz CT molecular complexity index is 334. The van der Waals surface area contributed by atoms with Gasteiger partial charge in [0, 0.05) is 18.5 Å². The van der Waals surface area contributed by atoms with E-state index < -0.39 is 0 Å². The molecule has 1 heterocycles. The molecule has 0 radical (unpaired) electrons. The summed E-state index contributed by atoms with van der Waals surface area (Å²) in [5, 5.41) is 7.00. The van der Waals surface area contributed by atoms with Gasteiger partial charge in [0.25, 0.3) is 0 Å². The van der Waals surface area contributed by atoms with Gasteiger partial charge < -0.3 is 5.32 Å². The van der Waals surface area contributed by atoms with Crippen molar-refractivity contribution in [3.05, 3.63) is 16.4 Å². The molecule has 1 rings (SSSR count). The van der Waals surface area contributed by atoms with Gasteiger partial charge in [-0.3, -0.25) is 9.48 Å². The van der Waals surface area contributed by atoms with Crippen LogP contribution in [0.25, 0.3) is 0 Å². The lowest BCUT2D eigenvalue weighted by atomic mass is 10.3. The molecule has 1 aromatic heterocycles. The molecule has 0 spiro atoms. The van der Waals surface area contributed by atoms with E-state index in [4.69, 9.17) is 0 Å². The van der Waals surface area contributed by atoms with E-state index >= 15 is 0 Å². The lowest BCUT2D eigenvalue weighted by Gasteiger charge is -2.11. The summed E-state index contributed by atoms with van der Waals surface area (Å²) in [5.74, 6) is 0.597. The first-order valence-corrected chi connectivity index (χ1v) is 6.08. The van der Waals surface area contributed by atoms with Crippen molar-refractivity contribution in [3.8, 4) is 0 Å². The van der Waals surface area contributed by atoms with E-state index in [1.807, 2.05) is 13.8 Å². The second-order valence-corrected chi connectivity index (χ2v) is 4.53. The third-order valence-corrected chi connectivity index (χ3v) is 3.05. The Morgan fingerprint density at radius 2 is 2.47 bits per heavy atom. The Morgan fingerprint density at radius 1 is 1.80 bits per heavy atom. The van der Waals surface area contributed by atoms with Crippen LogP contribution in [0, 0.1) is 6.92 Å². The van der Waals surface area contributed by atoms with Gasteiger partial charge in [-0.1, -0.05) is 0 Å². The molecule has 1 aromatic rings. The molecule has 0 aromatic carbocycles. The van der Waals surface area contributed by atoms with Crippen molar-refractivity contribution >= 4 is 34.5 Å². The summed E-state index contributed by atoms with van der Waals surface area (Å²) >= 11 is 7.39. The quantitative estimate of drug-likeness (QED) is 0.827. The van der Waals surface area contributed by atoms with Crippen LogP contribution in [0.1, 0.15) is 18.7 Å². The van der Waals surface area contributed by atoms with E-state index in [1.54, 1.807) is 10.9 Å². The van der Waals surface area contributed by atoms with Crippen LogP contribution in [0.15, 0.2) is 10.7 Å². The molecular formula is C9H14BrN3OS. The zero-order valence-corrected chi connectivity index (χ0v) is 11.2. The molecule has 0 saturated heterocycles. The summed E-state index contributed by atoms with van der Waals surface area (Å²) in [6, 6.07) is -0.296. The van der Waals surface area contributed by atoms with Gasteiger partial charge in [-0.2, -0.15) is 17.7 Å². The number of aromatic nitrogens is 2. The molecular weight excluding hydrogens is 278 g/mol. The monoisotopic (exact) mass is 291 g/mol. The first kappa shape index (κ1) is 12.6. The number of rotatable bonds is 4. The van der Waals surface area contributed by atoms with Crippen LogP contribution in [0.4, 0.5) is 0 Å². The summed E-state index contributed by atoms with van der Waals surface area (Å²) < 4.78 is 2.56. The highest BCUT2D eigenvalue weighted by molar-refractivity contribution is 9.10. The molecule has 1 N–H and O–H groups in total. The van der Waals surface area contributed by atoms with Gasteiger partial charge in [0.1, 0.15) is 6.04 Å². The van der Waals surface area contributed by atoms with Crippen molar-refractivity contribution in [1.29, 1.82) is 0 Å². The first-order chi connectivity index (χ1) is 7.06. The third-order valence-electron chi connectivity index (χ3n) is 2.04. The molecule has 1 atom stereocenters. The second-order valence-electron chi connectivity index (χ2n) is 3.23. The van der Waals surface area contributed by atoms with E-state index in [0.717, 1.165) is 10.2 Å². The molecule has 84 valence electrons. The topological polar surface area (TPSA) is 46.9 Å². The fourth-order valence-electron chi connectivity index (χ4n) is 1.10. The Morgan fingerprint density at radius 3 is 2.93 bits per heavy atom. The van der Waals surface area contributed by atoms with Crippen LogP contribution in [0.5, 0.6) is 0 Å². The number of hydrogen-bond acceptors (Lipinski definition) is 3. The molecule has 6 heteroatoms. The Kier molecular flexibility index (Phi) is 4.66. The Balaban J connectivity index is 2.67. The fraction of sp³-hybridized carbons (Fsp3) is 0.556. The highest BCUT2D eigenvalue weighted by atomic mass is 79.9. The van der Waals surface area contributed by atoms with Gasteiger partial charge >= 0.3 is 0 Å². The van der Waals surface area contributed by atoms with Crippen molar-refractivity contribution in [2.24, 2.45) is 0 Å². The summed E-state index contributed by atoms with van der Waals surface area (Å²) in [4.78, 5) is 11.6. The van der Waals surface area contributed by atoms with Crippen LogP contribution in [0.2, 0.25) is 0 Å². The maximum atomic E-state index is 11.6. The largest absolute Gasteiger partial charge is 0.353 e. The molecule has 1 unspecified atom stereocenters. The van der Waals surface area contributed by atoms with Gasteiger partial charge in [-0.15, -0.1) is 0 Å². The lowest BCUT2D eigenvalue weighted by molar-refractivity contribution is -0.124. The van der Waals surface area contributed by atoms with Crippen molar-refractivity contribution < 1.29 is 4.79 Å². The second kappa shape index (κ2) is 5.55. The minimum absolute atomic E-state index is 0.0425. The molecule has 0 aliphatic rings. The first-order valence-electron chi connectivity index (χ1n) is 4.66. The van der Waals surface area contributed by atoms with Crippen LogP contribution in [-0.4, -0.2) is 28.0 Å². The molecule has 15 heavy (non-hydrogen) atoms. The maximum absolute atomic E-state index is 11.6. The smallest absolute Gasteiger partial charge is 0.244 e. The number of thiol groups is 1. The molecule has 1 amide bonds. The predicted molar refractivity (Wildman–Crippen MR) is 66.2 cm³/mol. The minimum Gasteiger partial charge on any atom is -0.353 e. The average Bonchev–Trinajstić information content (AvgIpc) is 2.54. The molecule has 0 saturated carbocycles. The highest BCUT2D eigenvalue weighted by Crippen LogP contribution is 2.16. The van der Waals surface area contributed by atoms with Gasteiger partial charge in [0.05, 0.1) is 10.2 Å². The van der Waals surface area contributed by atoms with Crippen molar-refractivity contribution in [1.82, 2.24) is 15.1 Å². The summed E-state index contributed by atoms with van der Waals surface area (Å²) in [5.41, 5.74) is 0.879. The van der Waals surface area contributed by atoms with Gasteiger partial charge in [0.15, 0.2) is 0 Å². The highest BCUT2D eigenvalue weighted by Gasteiger charge is 2.15. The van der Waals surface area contributed by atoms with Crippen LogP contribution in [0.3, 0.4) is 0 Å². The van der Waals surface area contributed by atoms with E-state index in [-0.39, 0.29) is 11.9 Å². The molecule has 4 nitrogen and oxygen atoms in total. The lowest BCUT2D eigenvalue weighted by Crippen LogP contribution is -2.32. The molecule has 0 bridgehead atoms. The predicted octanol–water partition coefficient (Wildman–Crippen LogP) is 1.56. The van der Waals surface area contributed by atoms with Crippen LogP contribution < -0.4 is 5.32 Å². The van der Waals surface area contributed by atoms with E-state index in [0.29, 0.717) is 12.3 Å². The fourth-order valence-corrected chi connectivity index (χ4v) is 1.51. The normalized spacial score (nSPS) is 12.5. The number of carbonyl (C=O) groups is 1. The van der Waals surface area contributed by atoms with Crippen molar-refractivity contribution in [2.45, 2.75) is 19.9 Å². The number of hydrogen-bond donors (Lipinski definition) is 2. The number of carbonyl (C=O) groups excluding carboxylic acids is 1. The summed E-state index contributed by atoms with van der Waals surface area (Å²) in [7, 11) is 0. The van der Waals surface area contributed by atoms with Gasteiger partial charge in [-0.05, 0) is 29.8 Å². The van der Waals surface area contributed by atoms with Crippen LogP contribution >= 0.6 is 28.6 Å². The third kappa shape index (κ3) is 3.24. The summed E-state index contributed by atoms with van der Waals surface area (Å²) in [6.45, 7) is 4.28. The maximum Gasteiger partial charge on any atom is 0.244 e. The SMILES string of the molecule is Cc1nn(C(C)C(=O)NCCS)cc1Br. The zero-order chi connectivity index (χ0) is 11.4. The standard InChI is InChI=1S/C9H14BrN3OS/c1-6-8(10)5-13(12-6)7(2)9(14)11-3-4-15/h5,7,15H,3-4H2,1-2H3,(H,11,14). The van der Waals surface area contributed by atoms with E-state index in [9.17, 15) is 4.79 Å². The number of halogens is 1. The van der Waals surface area contributed by atoms with Crippen molar-refractivity contribution in [3.63, 3.8) is 0 Å². The van der Waals surface area contributed by atoms with Crippen LogP contribution in [-0.2, 0) is 4.79 Å². The number of nitrogens with one attached hydrogen (secondary N) is 1. The van der Waals surface area contributed by atoms with E-state index in [2.05, 4.69) is 39.0 Å². The molecule has 0 aliphatic heterocycles. The zero-order valence-electron chi connectivity index (χ0n) is 8.70. The Labute approximate surface area is 103 Å². The van der Waals surface area contributed by atoms with Crippen molar-refractivity contribution in [2.75, 3.05) is 12.3 Å². The minimum atomic E-state index is -0.296. The molecule has 0 aliphatic carbocycles. The molecule has 0 fully saturated rings.